The van der Waals surface area contributed by atoms with Crippen LogP contribution in [-0.2, 0) is 0 Å². The Morgan fingerprint density at radius 3 is 1.12 bits per heavy atom. The van der Waals surface area contributed by atoms with Gasteiger partial charge in [0.15, 0.2) is 0 Å². The second-order valence-corrected chi connectivity index (χ2v) is 23.4. The van der Waals surface area contributed by atoms with E-state index in [1.165, 1.54) is 66.3 Å². The molecule has 0 radical (unpaired) electrons. The molecule has 0 saturated heterocycles. The number of nitrogens with zero attached hydrogens (tertiary/aromatic N) is 2. The fourth-order valence-electron chi connectivity index (χ4n) is 11.3. The average molecular weight is 1150 g/mol. The van der Waals surface area contributed by atoms with Gasteiger partial charge in [-0.2, -0.15) is 0 Å². The molecule has 0 aliphatic carbocycles. The van der Waals surface area contributed by atoms with E-state index < -0.39 is 0 Å². The van der Waals surface area contributed by atoms with E-state index in [1.54, 1.807) is 0 Å². The summed E-state index contributed by atoms with van der Waals surface area (Å²) in [5.74, 6) is 2.98. The predicted octanol–water partition coefficient (Wildman–Crippen LogP) is 23.3. The Morgan fingerprint density at radius 1 is 0.352 bits per heavy atom. The quantitative estimate of drug-likeness (QED) is 0.0481. The summed E-state index contributed by atoms with van der Waals surface area (Å²) >= 11 is 0. The lowest BCUT2D eigenvalue weighted by Crippen LogP contribution is -2.11. The summed E-state index contributed by atoms with van der Waals surface area (Å²) in [5.41, 5.74) is 22.5. The molecular formula is C84H84N2O2. The summed E-state index contributed by atoms with van der Waals surface area (Å²) in [6.45, 7) is 14.9. The fraction of sp³-hybridized carbons (Fsp3) is 0.214. The van der Waals surface area contributed by atoms with Gasteiger partial charge in [-0.05, 0) is 212 Å². The molecule has 10 rings (SSSR count). The lowest BCUT2D eigenvalue weighted by molar-refractivity contribution is 0.233. The lowest BCUT2D eigenvalue weighted by Gasteiger charge is -2.16. The molecule has 0 aliphatic rings. The highest BCUT2D eigenvalue weighted by Crippen LogP contribution is 2.38. The molecule has 2 aromatic heterocycles. The summed E-state index contributed by atoms with van der Waals surface area (Å²) in [4.78, 5) is 9.29. The molecular weight excluding hydrogens is 1070 g/mol. The van der Waals surface area contributed by atoms with Crippen LogP contribution in [0.2, 0.25) is 0 Å². The first-order valence-electron chi connectivity index (χ1n) is 31.9. The van der Waals surface area contributed by atoms with Gasteiger partial charge in [0.1, 0.15) is 11.5 Å². The van der Waals surface area contributed by atoms with Gasteiger partial charge in [-0.3, -0.25) is 9.97 Å². The topological polar surface area (TPSA) is 44.2 Å². The summed E-state index contributed by atoms with van der Waals surface area (Å²) in [6, 6.07) is 74.1. The molecule has 0 aliphatic heterocycles. The number of hydrogen-bond acceptors (Lipinski definition) is 4. The van der Waals surface area contributed by atoms with Crippen LogP contribution < -0.4 is 9.47 Å². The fourth-order valence-corrected chi connectivity index (χ4v) is 11.3. The molecule has 0 spiro atoms. The van der Waals surface area contributed by atoms with Crippen LogP contribution in [0, 0.1) is 25.7 Å². The Kier molecular flexibility index (Phi) is 22.0. The van der Waals surface area contributed by atoms with Gasteiger partial charge in [-0.1, -0.05) is 248 Å². The first-order valence-corrected chi connectivity index (χ1v) is 31.9. The largest absolute Gasteiger partial charge is 0.493 e. The average Bonchev–Trinajstić information content (AvgIpc) is 2.31. The summed E-state index contributed by atoms with van der Waals surface area (Å²) in [7, 11) is 0. The summed E-state index contributed by atoms with van der Waals surface area (Å²) in [5, 5.41) is 0. The molecule has 0 N–H and O–H groups in total. The van der Waals surface area contributed by atoms with Gasteiger partial charge in [-0.25, -0.2) is 0 Å². The smallest absolute Gasteiger partial charge is 0.119 e. The molecule has 10 aromatic rings. The number of ether oxygens (including phenoxy) is 2. The predicted molar refractivity (Wildman–Crippen MR) is 378 cm³/mol. The normalized spacial score (nSPS) is 12.4. The van der Waals surface area contributed by atoms with Gasteiger partial charge >= 0.3 is 0 Å². The minimum absolute atomic E-state index is 0.567. The maximum absolute atomic E-state index is 6.40. The molecule has 0 amide bonds. The van der Waals surface area contributed by atoms with Crippen molar-refractivity contribution in [2.24, 2.45) is 11.8 Å². The molecule has 4 heteroatoms. The first kappa shape index (κ1) is 61.7. The van der Waals surface area contributed by atoms with Crippen molar-refractivity contribution in [2.45, 2.75) is 92.9 Å². The maximum Gasteiger partial charge on any atom is 0.119 e. The number of pyridine rings is 2. The minimum Gasteiger partial charge on any atom is -0.493 e. The highest BCUT2D eigenvalue weighted by Gasteiger charge is 2.15. The van der Waals surface area contributed by atoms with Crippen molar-refractivity contribution in [1.29, 1.82) is 0 Å². The van der Waals surface area contributed by atoms with Crippen molar-refractivity contribution >= 4 is 48.6 Å². The van der Waals surface area contributed by atoms with Gasteiger partial charge in [0, 0.05) is 12.4 Å². The van der Waals surface area contributed by atoms with E-state index in [-0.39, 0.29) is 0 Å². The van der Waals surface area contributed by atoms with Gasteiger partial charge in [0.25, 0.3) is 0 Å². The third-order valence-corrected chi connectivity index (χ3v) is 16.9. The Bertz CT molecular complexity index is 3950. The van der Waals surface area contributed by atoms with Crippen LogP contribution in [0.25, 0.3) is 104 Å². The lowest BCUT2D eigenvalue weighted by atomic mass is 9.89. The van der Waals surface area contributed by atoms with Crippen molar-refractivity contribution in [3.05, 3.63) is 275 Å². The molecule has 0 saturated carbocycles. The van der Waals surface area contributed by atoms with Crippen LogP contribution in [-0.4, -0.2) is 23.2 Å². The number of hydrogen-bond donors (Lipinski definition) is 0. The molecule has 2 unspecified atom stereocenters. The standard InChI is InChI=1S/C84H84N2O2/c1-7-11-19-63(9-3)59-87-80-25-17-21-65(54-80)29-33-74-56-82(75(53-62(74)6)34-30-66-22-18-26-81(55-66)88-60-64(10-4)20-12-8-2)71-41-37-69(38-42-71)70-39-45-73(46-40-70)84-58-76(47-49-78-23-13-15-51-85-78)83(57-77(84)48-50-79-24-14-16-52-86-79)72-43-35-68(36-44-72)67-31-27-61(5)28-32-67/h13-18,21-58,63-64H,7-12,19-20,59-60H2,1-6H3. The highest BCUT2D eigenvalue weighted by molar-refractivity contribution is 5.91. The van der Waals surface area contributed by atoms with Crippen LogP contribution >= 0.6 is 0 Å². The van der Waals surface area contributed by atoms with E-state index in [1.807, 2.05) is 48.8 Å². The number of aryl methyl sites for hydroxylation is 2. The molecule has 4 nitrogen and oxygen atoms in total. The highest BCUT2D eigenvalue weighted by atomic mass is 16.5. The van der Waals surface area contributed by atoms with E-state index in [4.69, 9.17) is 9.47 Å². The van der Waals surface area contributed by atoms with Crippen LogP contribution in [0.3, 0.4) is 0 Å². The van der Waals surface area contributed by atoms with Gasteiger partial charge in [0.05, 0.1) is 24.6 Å². The van der Waals surface area contributed by atoms with Crippen molar-refractivity contribution < 1.29 is 9.47 Å². The Morgan fingerprint density at radius 2 is 0.727 bits per heavy atom. The van der Waals surface area contributed by atoms with Gasteiger partial charge < -0.3 is 9.47 Å². The third kappa shape index (κ3) is 17.0. The zero-order valence-electron chi connectivity index (χ0n) is 52.3. The Labute approximate surface area is 524 Å². The second-order valence-electron chi connectivity index (χ2n) is 23.4. The molecule has 8 aromatic carbocycles. The van der Waals surface area contributed by atoms with Crippen molar-refractivity contribution in [3.8, 4) is 67.1 Å². The van der Waals surface area contributed by atoms with Crippen molar-refractivity contribution in [2.75, 3.05) is 13.2 Å². The zero-order valence-corrected chi connectivity index (χ0v) is 52.3. The van der Waals surface area contributed by atoms with E-state index in [0.29, 0.717) is 11.8 Å². The van der Waals surface area contributed by atoms with E-state index >= 15 is 0 Å². The molecule has 88 heavy (non-hydrogen) atoms. The maximum atomic E-state index is 6.40. The third-order valence-electron chi connectivity index (χ3n) is 16.9. The van der Waals surface area contributed by atoms with E-state index in [2.05, 4.69) is 270 Å². The molecule has 442 valence electrons. The van der Waals surface area contributed by atoms with E-state index in [0.717, 1.165) is 121 Å². The van der Waals surface area contributed by atoms with Crippen molar-refractivity contribution in [3.63, 3.8) is 0 Å². The molecule has 2 heterocycles. The Hall–Kier alpha value is -9.38. The SMILES string of the molecule is CCCCC(CC)COc1cccc(C=Cc2cc(-c3ccc(-c4ccc(-c5cc(C=Cc6ccccn6)c(-c6ccc(-c7ccc(C)cc7)cc6)cc5C=Cc5ccccn5)cc4)cc3)c(C=Cc3cccc(OCC(CC)CCCC)c3)cc2C)c1. The molecule has 2 atom stereocenters. The van der Waals surface area contributed by atoms with Gasteiger partial charge in [-0.15, -0.1) is 0 Å². The summed E-state index contributed by atoms with van der Waals surface area (Å²) in [6.07, 6.45) is 30.8. The van der Waals surface area contributed by atoms with E-state index in [9.17, 15) is 0 Å². The van der Waals surface area contributed by atoms with Crippen molar-refractivity contribution in [1.82, 2.24) is 9.97 Å². The second kappa shape index (κ2) is 31.3. The summed E-state index contributed by atoms with van der Waals surface area (Å²) < 4.78 is 12.8. The van der Waals surface area contributed by atoms with Gasteiger partial charge in [0.2, 0.25) is 0 Å². The zero-order chi connectivity index (χ0) is 60.9. The van der Waals surface area contributed by atoms with Crippen LogP contribution in [0.1, 0.15) is 135 Å². The van der Waals surface area contributed by atoms with Crippen LogP contribution in [0.15, 0.2) is 219 Å². The minimum atomic E-state index is 0.567. The van der Waals surface area contributed by atoms with Crippen LogP contribution in [0.4, 0.5) is 0 Å². The number of benzene rings is 8. The first-order chi connectivity index (χ1) is 43.2. The van der Waals surface area contributed by atoms with Crippen LogP contribution in [0.5, 0.6) is 11.5 Å². The Balaban J connectivity index is 0.971. The molecule has 0 fully saturated rings. The monoisotopic (exact) mass is 1150 g/mol. The number of unbranched alkanes of at least 4 members (excludes halogenated alkanes) is 2. The number of aromatic nitrogens is 2. The molecule has 0 bridgehead atoms. The number of rotatable bonds is 27.